The molecule has 0 bridgehead atoms. The van der Waals surface area contributed by atoms with Gasteiger partial charge in [0.05, 0.1) is 22.8 Å². The lowest BCUT2D eigenvalue weighted by molar-refractivity contribution is -0.120. The summed E-state index contributed by atoms with van der Waals surface area (Å²) in [5, 5.41) is 0.625. The normalized spacial score (nSPS) is 13.0. The van der Waals surface area contributed by atoms with E-state index in [2.05, 4.69) is 4.72 Å². The van der Waals surface area contributed by atoms with Gasteiger partial charge in [0, 0.05) is 42.0 Å². The Balaban J connectivity index is 1.21. The number of sulfonamides is 1. The number of anilines is 1. The van der Waals surface area contributed by atoms with E-state index in [1.807, 2.05) is 61.5 Å². The number of carbonyl (C=O) groups is 2. The molecule has 44 heavy (non-hydrogen) atoms. The summed E-state index contributed by atoms with van der Waals surface area (Å²) in [5.41, 5.74) is 5.85. The van der Waals surface area contributed by atoms with Crippen molar-refractivity contribution in [3.63, 3.8) is 0 Å². The summed E-state index contributed by atoms with van der Waals surface area (Å²) in [4.78, 5) is 37.1. The topological polar surface area (TPSA) is 109 Å². The Morgan fingerprint density at radius 2 is 1.48 bits per heavy atom. The summed E-state index contributed by atoms with van der Waals surface area (Å²) in [6, 6.07) is 24.4. The first-order valence-electron chi connectivity index (χ1n) is 14.8. The number of aryl methyl sites for hydroxylation is 2. The van der Waals surface area contributed by atoms with Crippen LogP contribution in [0.4, 0.5) is 5.82 Å². The molecular formula is C34H35ClN4O4S. The molecule has 4 aromatic rings. The average Bonchev–Trinajstić information content (AvgIpc) is 3.00. The summed E-state index contributed by atoms with van der Waals surface area (Å²) >= 11 is 6.16. The van der Waals surface area contributed by atoms with Crippen molar-refractivity contribution in [3.05, 3.63) is 101 Å². The number of hydrogen-bond donors (Lipinski definition) is 1. The second kappa shape index (κ2) is 14.1. The molecule has 1 aliphatic rings. The molecule has 1 aromatic heterocycles. The highest BCUT2D eigenvalue weighted by molar-refractivity contribution is 7.89. The van der Waals surface area contributed by atoms with Crippen LogP contribution < -0.4 is 9.62 Å². The van der Waals surface area contributed by atoms with Crippen molar-refractivity contribution < 1.29 is 18.0 Å². The fraction of sp³-hybridized carbons (Fsp3) is 0.294. The van der Waals surface area contributed by atoms with E-state index in [1.165, 1.54) is 0 Å². The number of halogens is 1. The van der Waals surface area contributed by atoms with Gasteiger partial charge in [-0.25, -0.2) is 18.4 Å². The number of rotatable bonds is 12. The Morgan fingerprint density at radius 1 is 0.841 bits per heavy atom. The summed E-state index contributed by atoms with van der Waals surface area (Å²) in [6.45, 7) is 2.53. The summed E-state index contributed by atoms with van der Waals surface area (Å²) in [6.07, 6.45) is 3.80. The van der Waals surface area contributed by atoms with Crippen molar-refractivity contribution >= 4 is 39.3 Å². The van der Waals surface area contributed by atoms with E-state index in [0.29, 0.717) is 47.9 Å². The van der Waals surface area contributed by atoms with Crippen LogP contribution in [0.15, 0.2) is 78.9 Å². The van der Waals surface area contributed by atoms with Gasteiger partial charge in [0.15, 0.2) is 5.82 Å². The summed E-state index contributed by atoms with van der Waals surface area (Å²) < 4.78 is 26.8. The third kappa shape index (κ3) is 8.09. The largest absolute Gasteiger partial charge is 0.295 e. The van der Waals surface area contributed by atoms with Gasteiger partial charge in [0.25, 0.3) is 0 Å². The lowest BCUT2D eigenvalue weighted by atomic mass is 10.0. The van der Waals surface area contributed by atoms with E-state index >= 15 is 0 Å². The molecule has 5 rings (SSSR count). The van der Waals surface area contributed by atoms with Crippen LogP contribution in [0.2, 0.25) is 5.02 Å². The van der Waals surface area contributed by atoms with Crippen molar-refractivity contribution in [2.45, 2.75) is 57.6 Å². The summed E-state index contributed by atoms with van der Waals surface area (Å²) in [5.74, 6) is -0.138. The maximum atomic E-state index is 13.0. The number of hydrogen-bond acceptors (Lipinski definition) is 6. The van der Waals surface area contributed by atoms with Crippen LogP contribution >= 0.6 is 11.6 Å². The van der Waals surface area contributed by atoms with Crippen LogP contribution in [0.5, 0.6) is 0 Å². The number of unbranched alkanes of at least 4 members (excludes halogenated alkanes) is 3. The van der Waals surface area contributed by atoms with Crippen LogP contribution in [0.25, 0.3) is 22.5 Å². The number of benzene rings is 3. The van der Waals surface area contributed by atoms with Gasteiger partial charge in [-0.2, -0.15) is 0 Å². The summed E-state index contributed by atoms with van der Waals surface area (Å²) in [7, 11) is -3.74. The molecule has 1 aliphatic heterocycles. The molecule has 0 aliphatic carbocycles. The third-order valence-electron chi connectivity index (χ3n) is 7.53. The molecular weight excluding hydrogens is 596 g/mol. The maximum absolute atomic E-state index is 13.0. The minimum absolute atomic E-state index is 0.0138. The zero-order valence-electron chi connectivity index (χ0n) is 24.6. The number of nitrogens with zero attached hydrogens (tertiary/aromatic N) is 3. The first-order chi connectivity index (χ1) is 21.2. The molecule has 228 valence electrons. The zero-order valence-corrected chi connectivity index (χ0v) is 26.2. The van der Waals surface area contributed by atoms with E-state index in [0.717, 1.165) is 47.3 Å². The van der Waals surface area contributed by atoms with Crippen LogP contribution in [0.3, 0.4) is 0 Å². The maximum Gasteiger partial charge on any atom is 0.239 e. The molecule has 3 aromatic carbocycles. The van der Waals surface area contributed by atoms with Gasteiger partial charge in [0.2, 0.25) is 21.8 Å². The Kier molecular flexibility index (Phi) is 10.1. The van der Waals surface area contributed by atoms with Crippen molar-refractivity contribution in [2.24, 2.45) is 0 Å². The van der Waals surface area contributed by atoms with Crippen LogP contribution in [0, 0.1) is 6.92 Å². The zero-order chi connectivity index (χ0) is 31.1. The minimum Gasteiger partial charge on any atom is -0.295 e. The fourth-order valence-electron chi connectivity index (χ4n) is 5.24. The molecule has 0 spiro atoms. The van der Waals surface area contributed by atoms with E-state index < -0.39 is 15.9 Å². The second-order valence-corrected chi connectivity index (χ2v) is 13.2. The highest BCUT2D eigenvalue weighted by Gasteiger charge is 2.28. The Bertz CT molecular complexity index is 1730. The Morgan fingerprint density at radius 3 is 2.18 bits per heavy atom. The number of nitrogens with one attached hydrogen (secondary N) is 1. The monoisotopic (exact) mass is 630 g/mol. The lowest BCUT2D eigenvalue weighted by Crippen LogP contribution is -2.37. The molecule has 0 unspecified atom stereocenters. The van der Waals surface area contributed by atoms with Gasteiger partial charge < -0.3 is 0 Å². The molecule has 8 nitrogen and oxygen atoms in total. The van der Waals surface area contributed by atoms with Gasteiger partial charge in [-0.1, -0.05) is 96.7 Å². The molecule has 1 N–H and O–H groups in total. The third-order valence-corrected chi connectivity index (χ3v) is 9.03. The Hall–Kier alpha value is -4.08. The molecule has 0 saturated carbocycles. The highest BCUT2D eigenvalue weighted by atomic mass is 35.5. The first kappa shape index (κ1) is 31.3. The smallest absolute Gasteiger partial charge is 0.239 e. The van der Waals surface area contributed by atoms with Crippen molar-refractivity contribution in [1.29, 1.82) is 0 Å². The molecule has 2 heterocycles. The average molecular weight is 631 g/mol. The first-order valence-corrected chi connectivity index (χ1v) is 16.8. The second-order valence-electron chi connectivity index (χ2n) is 11.0. The Labute approximate surface area is 263 Å². The van der Waals surface area contributed by atoms with Crippen molar-refractivity contribution in [3.8, 4) is 22.5 Å². The van der Waals surface area contributed by atoms with Crippen LogP contribution in [-0.2, 0) is 31.8 Å². The standard InChI is InChI=1S/C34H35ClN4O4S/c1-24-12-14-26(15-13-24)32-33(27-16-18-28(35)19-17-27)37-34-29(36-32)20-21-31(41)39(34)22-8-3-2-7-11-30(40)38-44(42,43)23-25-9-5-4-6-10-25/h4-6,9-10,12-19H,2-3,7-8,11,20-23H2,1H3,(H,38,40). The molecule has 2 amide bonds. The van der Waals surface area contributed by atoms with E-state index in [9.17, 15) is 18.0 Å². The predicted octanol–water partition coefficient (Wildman–Crippen LogP) is 6.65. The fourth-order valence-corrected chi connectivity index (χ4v) is 6.52. The molecule has 0 radical (unpaired) electrons. The van der Waals surface area contributed by atoms with Gasteiger partial charge in [0.1, 0.15) is 0 Å². The number of fused-ring (bicyclic) bond motifs is 1. The molecule has 10 heteroatoms. The minimum atomic E-state index is -3.74. The van der Waals surface area contributed by atoms with Crippen LogP contribution in [0.1, 0.15) is 55.3 Å². The van der Waals surface area contributed by atoms with Crippen molar-refractivity contribution in [2.75, 3.05) is 11.4 Å². The van der Waals surface area contributed by atoms with Gasteiger partial charge >= 0.3 is 0 Å². The lowest BCUT2D eigenvalue weighted by Gasteiger charge is -2.29. The molecule has 0 saturated heterocycles. The highest BCUT2D eigenvalue weighted by Crippen LogP contribution is 2.35. The number of amides is 2. The number of aromatic nitrogens is 2. The number of carbonyl (C=O) groups excluding carboxylic acids is 2. The van der Waals surface area contributed by atoms with Gasteiger partial charge in [-0.05, 0) is 37.5 Å². The van der Waals surface area contributed by atoms with E-state index in [1.54, 1.807) is 29.2 Å². The quantitative estimate of drug-likeness (QED) is 0.176. The van der Waals surface area contributed by atoms with Crippen LogP contribution in [-0.4, -0.2) is 36.7 Å². The van der Waals surface area contributed by atoms with Gasteiger partial charge in [-0.3, -0.25) is 19.2 Å². The predicted molar refractivity (Wildman–Crippen MR) is 174 cm³/mol. The molecule has 0 atom stereocenters. The van der Waals surface area contributed by atoms with Crippen molar-refractivity contribution in [1.82, 2.24) is 14.7 Å². The van der Waals surface area contributed by atoms with Gasteiger partial charge in [-0.15, -0.1) is 0 Å². The van der Waals surface area contributed by atoms with E-state index in [4.69, 9.17) is 21.6 Å². The SMILES string of the molecule is Cc1ccc(-c2nc3c(nc2-c2ccc(Cl)cc2)N(CCCCCCC(=O)NS(=O)(=O)Cc2ccccc2)C(=O)CC3)cc1. The molecule has 0 fully saturated rings. The van der Waals surface area contributed by atoms with E-state index in [-0.39, 0.29) is 18.1 Å².